The molecule has 0 aliphatic heterocycles. The van der Waals surface area contributed by atoms with E-state index in [-0.39, 0.29) is 11.8 Å². The van der Waals surface area contributed by atoms with E-state index in [0.717, 1.165) is 20.9 Å². The number of amides is 2. The quantitative estimate of drug-likeness (QED) is 0.611. The van der Waals surface area contributed by atoms with Crippen LogP contribution in [-0.4, -0.2) is 42.0 Å². The molecule has 3 aromatic rings. The van der Waals surface area contributed by atoms with Gasteiger partial charge in [-0.3, -0.25) is 9.59 Å². The Morgan fingerprint density at radius 3 is 2.75 bits per heavy atom. The maximum Gasteiger partial charge on any atom is 0.249 e. The number of likely N-dealkylation sites (N-methyl/N-ethyl adjacent to an activating group) is 1. The Morgan fingerprint density at radius 1 is 1.32 bits per heavy atom. The number of fused-ring (bicyclic) bond motifs is 1. The molecule has 0 fully saturated rings. The lowest BCUT2D eigenvalue weighted by molar-refractivity contribution is -0.126. The van der Waals surface area contributed by atoms with E-state index in [0.29, 0.717) is 18.0 Å². The molecule has 0 saturated heterocycles. The van der Waals surface area contributed by atoms with Crippen molar-refractivity contribution in [3.05, 3.63) is 52.8 Å². The van der Waals surface area contributed by atoms with E-state index in [2.05, 4.69) is 31.2 Å². The molecule has 8 heteroatoms. The molecule has 1 unspecified atom stereocenters. The van der Waals surface area contributed by atoms with Crippen LogP contribution in [0.3, 0.4) is 0 Å². The number of halogens is 1. The fourth-order valence-corrected chi connectivity index (χ4v) is 3.40. The minimum absolute atomic E-state index is 0.230. The van der Waals surface area contributed by atoms with E-state index in [1.807, 2.05) is 24.4 Å². The number of aromatic amines is 1. The van der Waals surface area contributed by atoms with Gasteiger partial charge in [-0.15, -0.1) is 0 Å². The Bertz CT molecular complexity index is 1000. The molecule has 0 aliphatic carbocycles. The molecule has 146 valence electrons. The highest BCUT2D eigenvalue weighted by atomic mass is 79.9. The van der Waals surface area contributed by atoms with Crippen molar-refractivity contribution in [2.45, 2.75) is 19.4 Å². The van der Waals surface area contributed by atoms with E-state index in [1.54, 1.807) is 25.4 Å². The molecule has 1 atom stereocenters. The van der Waals surface area contributed by atoms with E-state index in [9.17, 15) is 9.59 Å². The number of ether oxygens (including phenoxy) is 1. The lowest BCUT2D eigenvalue weighted by atomic mass is 10.0. The summed E-state index contributed by atoms with van der Waals surface area (Å²) in [7, 11) is 3.19. The highest BCUT2D eigenvalue weighted by Gasteiger charge is 2.25. The molecule has 0 spiro atoms. The summed E-state index contributed by atoms with van der Waals surface area (Å²) < 4.78 is 6.00. The lowest BCUT2D eigenvalue weighted by Crippen LogP contribution is -2.48. The number of carbonyl (C=O) groups is 2. The standard InChI is InChI=1S/C20H21BrN4O3/c1-12(26)24-18(8-13-10-22-17-6-4-14(21)9-16(13)17)20(27)25(2)15-5-7-19(28-3)23-11-15/h4-7,9-11,18,22H,8H2,1-3H3,(H,24,26). The number of anilines is 1. The molecular weight excluding hydrogens is 424 g/mol. The van der Waals surface area contributed by atoms with E-state index in [4.69, 9.17) is 4.74 Å². The molecule has 2 N–H and O–H groups in total. The molecule has 0 radical (unpaired) electrons. The highest BCUT2D eigenvalue weighted by molar-refractivity contribution is 9.10. The molecule has 0 aliphatic rings. The second-order valence-corrected chi connectivity index (χ2v) is 7.33. The van der Waals surface area contributed by atoms with Gasteiger partial charge in [-0.25, -0.2) is 4.98 Å². The van der Waals surface area contributed by atoms with Crippen LogP contribution in [0.4, 0.5) is 5.69 Å². The average Bonchev–Trinajstić information content (AvgIpc) is 3.08. The normalized spacial score (nSPS) is 11.9. The molecule has 2 heterocycles. The number of methoxy groups -OCH3 is 1. The summed E-state index contributed by atoms with van der Waals surface area (Å²) in [6, 6.07) is 8.63. The first kappa shape index (κ1) is 19.9. The first-order valence-corrected chi connectivity index (χ1v) is 9.48. The van der Waals surface area contributed by atoms with Crippen molar-refractivity contribution in [3.63, 3.8) is 0 Å². The fourth-order valence-electron chi connectivity index (χ4n) is 3.04. The summed E-state index contributed by atoms with van der Waals surface area (Å²) in [6.07, 6.45) is 3.79. The molecule has 2 amide bonds. The first-order chi connectivity index (χ1) is 13.4. The van der Waals surface area contributed by atoms with Gasteiger partial charge < -0.3 is 19.9 Å². The van der Waals surface area contributed by atoms with Crippen LogP contribution in [0, 0.1) is 0 Å². The molecule has 0 bridgehead atoms. The highest BCUT2D eigenvalue weighted by Crippen LogP contribution is 2.24. The van der Waals surface area contributed by atoms with Gasteiger partial charge in [-0.05, 0) is 29.8 Å². The van der Waals surface area contributed by atoms with Gasteiger partial charge in [0.1, 0.15) is 6.04 Å². The molecule has 1 aromatic carbocycles. The summed E-state index contributed by atoms with van der Waals surface area (Å²) in [6.45, 7) is 1.40. The monoisotopic (exact) mass is 444 g/mol. The molecule has 7 nitrogen and oxygen atoms in total. The van der Waals surface area contributed by atoms with Crippen LogP contribution in [0.5, 0.6) is 5.88 Å². The van der Waals surface area contributed by atoms with Crippen LogP contribution in [0.15, 0.2) is 47.2 Å². The zero-order valence-electron chi connectivity index (χ0n) is 15.8. The summed E-state index contributed by atoms with van der Waals surface area (Å²) in [5.41, 5.74) is 2.53. The number of hydrogen-bond acceptors (Lipinski definition) is 4. The predicted octanol–water partition coefficient (Wildman–Crippen LogP) is 3.04. The summed E-state index contributed by atoms with van der Waals surface area (Å²) in [4.78, 5) is 33.6. The third-order valence-electron chi connectivity index (χ3n) is 4.48. The van der Waals surface area contributed by atoms with Gasteiger partial charge in [0.2, 0.25) is 17.7 Å². The van der Waals surface area contributed by atoms with Gasteiger partial charge in [0.25, 0.3) is 0 Å². The number of rotatable bonds is 6. The number of nitrogens with one attached hydrogen (secondary N) is 2. The number of hydrogen-bond donors (Lipinski definition) is 2. The second kappa shape index (κ2) is 8.43. The van der Waals surface area contributed by atoms with Crippen molar-refractivity contribution >= 4 is 44.3 Å². The van der Waals surface area contributed by atoms with E-state index >= 15 is 0 Å². The zero-order valence-corrected chi connectivity index (χ0v) is 17.4. The van der Waals surface area contributed by atoms with Crippen molar-refractivity contribution in [2.75, 3.05) is 19.1 Å². The van der Waals surface area contributed by atoms with Gasteiger partial charge in [0, 0.05) is 48.0 Å². The number of carbonyl (C=O) groups excluding carboxylic acids is 2. The molecule has 3 rings (SSSR count). The predicted molar refractivity (Wildman–Crippen MR) is 112 cm³/mol. The minimum atomic E-state index is -0.706. The van der Waals surface area contributed by atoms with Crippen molar-refractivity contribution in [2.24, 2.45) is 0 Å². The van der Waals surface area contributed by atoms with Gasteiger partial charge in [0.05, 0.1) is 19.0 Å². The summed E-state index contributed by atoms with van der Waals surface area (Å²) in [5, 5.41) is 3.78. The van der Waals surface area contributed by atoms with E-state index in [1.165, 1.54) is 18.9 Å². The maximum atomic E-state index is 13.1. The third kappa shape index (κ3) is 4.33. The Morgan fingerprint density at radius 2 is 2.11 bits per heavy atom. The Hall–Kier alpha value is -2.87. The lowest BCUT2D eigenvalue weighted by Gasteiger charge is -2.24. The van der Waals surface area contributed by atoms with Crippen LogP contribution in [-0.2, 0) is 16.0 Å². The molecule has 0 saturated carbocycles. The van der Waals surface area contributed by atoms with Crippen LogP contribution in [0.25, 0.3) is 10.9 Å². The Kier molecular flexibility index (Phi) is 5.99. The van der Waals surface area contributed by atoms with Crippen molar-refractivity contribution in [3.8, 4) is 5.88 Å². The van der Waals surface area contributed by atoms with Crippen molar-refractivity contribution in [1.29, 1.82) is 0 Å². The summed E-state index contributed by atoms with van der Waals surface area (Å²) >= 11 is 3.48. The van der Waals surface area contributed by atoms with Crippen LogP contribution in [0.2, 0.25) is 0 Å². The Balaban J connectivity index is 1.86. The number of benzene rings is 1. The van der Waals surface area contributed by atoms with Gasteiger partial charge in [0.15, 0.2) is 0 Å². The number of pyridine rings is 1. The van der Waals surface area contributed by atoms with Gasteiger partial charge >= 0.3 is 0 Å². The molecule has 2 aromatic heterocycles. The first-order valence-electron chi connectivity index (χ1n) is 8.69. The second-order valence-electron chi connectivity index (χ2n) is 6.42. The van der Waals surface area contributed by atoms with Crippen molar-refractivity contribution < 1.29 is 14.3 Å². The number of H-pyrrole nitrogens is 1. The SMILES string of the molecule is COc1ccc(N(C)C(=O)C(Cc2c[nH]c3ccc(Br)cc23)NC(C)=O)cn1. The zero-order chi connectivity index (χ0) is 20.3. The van der Waals surface area contributed by atoms with Crippen LogP contribution >= 0.6 is 15.9 Å². The van der Waals surface area contributed by atoms with Gasteiger partial charge in [-0.1, -0.05) is 15.9 Å². The topological polar surface area (TPSA) is 87.3 Å². The van der Waals surface area contributed by atoms with Crippen LogP contribution in [0.1, 0.15) is 12.5 Å². The molecular formula is C20H21BrN4O3. The fraction of sp³-hybridized carbons (Fsp3) is 0.250. The van der Waals surface area contributed by atoms with Crippen molar-refractivity contribution in [1.82, 2.24) is 15.3 Å². The Labute approximate surface area is 171 Å². The third-order valence-corrected chi connectivity index (χ3v) is 4.97. The maximum absolute atomic E-state index is 13.1. The van der Waals surface area contributed by atoms with Gasteiger partial charge in [-0.2, -0.15) is 0 Å². The van der Waals surface area contributed by atoms with Crippen LogP contribution < -0.4 is 15.0 Å². The summed E-state index contributed by atoms with van der Waals surface area (Å²) in [5.74, 6) is -0.0282. The largest absolute Gasteiger partial charge is 0.481 e. The van der Waals surface area contributed by atoms with E-state index < -0.39 is 6.04 Å². The molecule has 28 heavy (non-hydrogen) atoms. The smallest absolute Gasteiger partial charge is 0.249 e. The number of nitrogens with zero attached hydrogens (tertiary/aromatic N) is 2. The number of aromatic nitrogens is 2. The minimum Gasteiger partial charge on any atom is -0.481 e. The average molecular weight is 445 g/mol.